The van der Waals surface area contributed by atoms with Crippen LogP contribution in [0.5, 0.6) is 0 Å². The third-order valence-electron chi connectivity index (χ3n) is 3.78. The molecule has 0 amide bonds. The summed E-state index contributed by atoms with van der Waals surface area (Å²) in [6.45, 7) is 4.53. The Morgan fingerprint density at radius 2 is 2.37 bits per heavy atom. The van der Waals surface area contributed by atoms with Gasteiger partial charge in [-0.3, -0.25) is 4.68 Å². The molecule has 0 saturated carbocycles. The normalized spacial score (nSPS) is 22.6. The molecule has 1 N–H and O–H groups in total. The van der Waals surface area contributed by atoms with Crippen LogP contribution in [0.1, 0.15) is 18.9 Å². The van der Waals surface area contributed by atoms with E-state index in [1.54, 1.807) is 0 Å². The van der Waals surface area contributed by atoms with Gasteiger partial charge in [0.15, 0.2) is 0 Å². The first-order chi connectivity index (χ1) is 9.20. The topological polar surface area (TPSA) is 33.1 Å². The van der Waals surface area contributed by atoms with E-state index in [1.807, 2.05) is 17.9 Å². The summed E-state index contributed by atoms with van der Waals surface area (Å²) in [6.07, 6.45) is 6.39. The molecule has 5 heteroatoms. The molecule has 0 spiro atoms. The smallest absolute Gasteiger partial charge is 0.0522 e. The molecular weight excluding hydrogens is 256 g/mol. The number of likely N-dealkylation sites (N-methyl/N-ethyl adjacent to an activating group) is 1. The Morgan fingerprint density at radius 3 is 3.00 bits per heavy atom. The molecule has 1 saturated heterocycles. The van der Waals surface area contributed by atoms with E-state index >= 15 is 0 Å². The third kappa shape index (κ3) is 4.23. The number of aryl methyl sites for hydroxylation is 1. The van der Waals surface area contributed by atoms with Gasteiger partial charge in [0.05, 0.1) is 6.20 Å². The molecule has 0 aromatic carbocycles. The Morgan fingerprint density at radius 1 is 1.53 bits per heavy atom. The predicted octanol–water partition coefficient (Wildman–Crippen LogP) is 1.38. The van der Waals surface area contributed by atoms with Gasteiger partial charge >= 0.3 is 0 Å². The van der Waals surface area contributed by atoms with Crippen molar-refractivity contribution in [3.63, 3.8) is 0 Å². The maximum Gasteiger partial charge on any atom is 0.0522 e. The monoisotopic (exact) mass is 282 g/mol. The summed E-state index contributed by atoms with van der Waals surface area (Å²) in [5.41, 5.74) is 1.33. The average molecular weight is 282 g/mol. The van der Waals surface area contributed by atoms with Crippen LogP contribution < -0.4 is 5.32 Å². The van der Waals surface area contributed by atoms with E-state index < -0.39 is 0 Å². The second-order valence-electron chi connectivity index (χ2n) is 5.41. The Kier molecular flexibility index (Phi) is 5.73. The van der Waals surface area contributed by atoms with Crippen LogP contribution in [0, 0.1) is 0 Å². The maximum atomic E-state index is 4.28. The molecule has 2 rings (SSSR count). The largest absolute Gasteiger partial charge is 0.312 e. The van der Waals surface area contributed by atoms with Gasteiger partial charge in [-0.2, -0.15) is 16.9 Å². The lowest BCUT2D eigenvalue weighted by Gasteiger charge is -2.38. The Labute approximate surface area is 120 Å². The van der Waals surface area contributed by atoms with E-state index in [9.17, 15) is 0 Å². The minimum absolute atomic E-state index is 0.530. The lowest BCUT2D eigenvalue weighted by Crippen LogP contribution is -2.53. The van der Waals surface area contributed by atoms with Gasteiger partial charge in [-0.15, -0.1) is 0 Å². The van der Waals surface area contributed by atoms with Crippen molar-refractivity contribution in [1.82, 2.24) is 20.0 Å². The predicted molar refractivity (Wildman–Crippen MR) is 82.7 cm³/mol. The summed E-state index contributed by atoms with van der Waals surface area (Å²) in [5.74, 6) is 2.50. The fourth-order valence-electron chi connectivity index (χ4n) is 2.63. The van der Waals surface area contributed by atoms with Crippen molar-refractivity contribution < 1.29 is 0 Å². The van der Waals surface area contributed by atoms with E-state index in [0.717, 1.165) is 13.0 Å². The van der Waals surface area contributed by atoms with Crippen LogP contribution in [0.4, 0.5) is 0 Å². The van der Waals surface area contributed by atoms with Crippen LogP contribution >= 0.6 is 11.8 Å². The van der Waals surface area contributed by atoms with Crippen molar-refractivity contribution >= 4 is 11.8 Å². The van der Waals surface area contributed by atoms with Gasteiger partial charge in [0.2, 0.25) is 0 Å². The zero-order valence-electron chi connectivity index (χ0n) is 12.3. The van der Waals surface area contributed by atoms with Gasteiger partial charge in [-0.25, -0.2) is 0 Å². The van der Waals surface area contributed by atoms with Crippen molar-refractivity contribution in [3.8, 4) is 0 Å². The second-order valence-corrected chi connectivity index (χ2v) is 6.56. The number of hydrogen-bond acceptors (Lipinski definition) is 4. The van der Waals surface area contributed by atoms with E-state index in [0.29, 0.717) is 12.1 Å². The van der Waals surface area contributed by atoms with Gasteiger partial charge < -0.3 is 10.2 Å². The van der Waals surface area contributed by atoms with E-state index in [4.69, 9.17) is 0 Å². The Hall–Kier alpha value is -0.520. The molecule has 1 fully saturated rings. The van der Waals surface area contributed by atoms with Crippen LogP contribution in [-0.2, 0) is 13.5 Å². The summed E-state index contributed by atoms with van der Waals surface area (Å²) in [7, 11) is 4.24. The molecule has 0 radical (unpaired) electrons. The first-order valence-corrected chi connectivity index (χ1v) is 8.35. The van der Waals surface area contributed by atoms with Crippen molar-refractivity contribution in [2.45, 2.75) is 31.8 Å². The van der Waals surface area contributed by atoms with E-state index in [1.165, 1.54) is 30.0 Å². The first kappa shape index (κ1) is 14.9. The van der Waals surface area contributed by atoms with E-state index in [-0.39, 0.29) is 0 Å². The summed E-state index contributed by atoms with van der Waals surface area (Å²) in [4.78, 5) is 2.51. The van der Waals surface area contributed by atoms with Gasteiger partial charge in [0.25, 0.3) is 0 Å². The summed E-state index contributed by atoms with van der Waals surface area (Å²) in [5, 5.41) is 8.02. The van der Waals surface area contributed by atoms with Gasteiger partial charge in [0.1, 0.15) is 0 Å². The fourth-order valence-corrected chi connectivity index (χ4v) is 3.95. The highest BCUT2D eigenvalue weighted by Crippen LogP contribution is 2.19. The van der Waals surface area contributed by atoms with Crippen LogP contribution in [0.3, 0.4) is 0 Å². The first-order valence-electron chi connectivity index (χ1n) is 7.19. The molecule has 1 aliphatic rings. The SMILES string of the molecule is CCCNC(Cc1cnn(C)c1)C1CSCCN1C. The minimum atomic E-state index is 0.530. The van der Waals surface area contributed by atoms with Gasteiger partial charge in [-0.05, 0) is 32.0 Å². The Balaban J connectivity index is 2.01. The summed E-state index contributed by atoms with van der Waals surface area (Å²) in [6, 6.07) is 1.16. The van der Waals surface area contributed by atoms with Crippen molar-refractivity contribution in [3.05, 3.63) is 18.0 Å². The highest BCUT2D eigenvalue weighted by molar-refractivity contribution is 7.99. The average Bonchev–Trinajstić information content (AvgIpc) is 2.81. The van der Waals surface area contributed by atoms with Crippen LogP contribution in [0.2, 0.25) is 0 Å². The number of nitrogens with zero attached hydrogens (tertiary/aromatic N) is 3. The summed E-state index contributed by atoms with van der Waals surface area (Å²) >= 11 is 2.08. The lowest BCUT2D eigenvalue weighted by molar-refractivity contribution is 0.213. The zero-order valence-corrected chi connectivity index (χ0v) is 13.1. The number of nitrogens with one attached hydrogen (secondary N) is 1. The molecule has 2 heterocycles. The molecular formula is C14H26N4S. The van der Waals surface area contributed by atoms with Gasteiger partial charge in [0, 0.05) is 43.4 Å². The van der Waals surface area contributed by atoms with E-state index in [2.05, 4.69) is 47.2 Å². The van der Waals surface area contributed by atoms with Crippen LogP contribution in [0.25, 0.3) is 0 Å². The maximum absolute atomic E-state index is 4.28. The molecule has 108 valence electrons. The van der Waals surface area contributed by atoms with Crippen molar-refractivity contribution in [1.29, 1.82) is 0 Å². The summed E-state index contributed by atoms with van der Waals surface area (Å²) < 4.78 is 1.89. The molecule has 2 unspecified atom stereocenters. The third-order valence-corrected chi connectivity index (χ3v) is 4.83. The molecule has 4 nitrogen and oxygen atoms in total. The van der Waals surface area contributed by atoms with Crippen molar-refractivity contribution in [2.24, 2.45) is 7.05 Å². The molecule has 2 atom stereocenters. The Bertz CT molecular complexity index is 379. The second kappa shape index (κ2) is 7.31. The number of aromatic nitrogens is 2. The highest BCUT2D eigenvalue weighted by Gasteiger charge is 2.27. The van der Waals surface area contributed by atoms with Gasteiger partial charge in [-0.1, -0.05) is 6.92 Å². The molecule has 0 aliphatic carbocycles. The number of rotatable bonds is 6. The van der Waals surface area contributed by atoms with Crippen LogP contribution in [-0.4, -0.2) is 58.4 Å². The molecule has 0 bridgehead atoms. The molecule has 19 heavy (non-hydrogen) atoms. The highest BCUT2D eigenvalue weighted by atomic mass is 32.2. The van der Waals surface area contributed by atoms with Crippen LogP contribution in [0.15, 0.2) is 12.4 Å². The number of thioether (sulfide) groups is 1. The number of hydrogen-bond donors (Lipinski definition) is 1. The lowest BCUT2D eigenvalue weighted by atomic mass is 10.0. The molecule has 1 aromatic rings. The van der Waals surface area contributed by atoms with Crippen molar-refractivity contribution in [2.75, 3.05) is 31.6 Å². The molecule has 1 aromatic heterocycles. The fraction of sp³-hybridized carbons (Fsp3) is 0.786. The standard InChI is InChI=1S/C14H26N4S/c1-4-5-15-13(8-12-9-16-18(3)10-12)14-11-19-7-6-17(14)2/h9-10,13-15H,4-8,11H2,1-3H3. The minimum Gasteiger partial charge on any atom is -0.312 e. The quantitative estimate of drug-likeness (QED) is 0.854. The molecule has 1 aliphatic heterocycles. The zero-order chi connectivity index (χ0) is 13.7.